The summed E-state index contributed by atoms with van der Waals surface area (Å²) < 4.78 is 0.832. The fraction of sp³-hybridized carbons (Fsp3) is 0.462. The van der Waals surface area contributed by atoms with Crippen molar-refractivity contribution in [2.45, 2.75) is 25.9 Å². The Morgan fingerprint density at radius 3 is 2.95 bits per heavy atom. The summed E-state index contributed by atoms with van der Waals surface area (Å²) in [5, 5.41) is 24.4. The number of aliphatic hydroxyl groups excluding tert-OH is 1. The van der Waals surface area contributed by atoms with E-state index >= 15 is 0 Å². The van der Waals surface area contributed by atoms with Gasteiger partial charge < -0.3 is 10.4 Å². The van der Waals surface area contributed by atoms with Gasteiger partial charge in [-0.15, -0.1) is 11.3 Å². The molecule has 1 fully saturated rings. The Kier molecular flexibility index (Phi) is 3.31. The zero-order valence-electron chi connectivity index (χ0n) is 11.0. The van der Waals surface area contributed by atoms with Gasteiger partial charge in [0.1, 0.15) is 5.69 Å². The number of fused-ring (bicyclic) bond motifs is 1. The second-order valence-electron chi connectivity index (χ2n) is 5.20. The van der Waals surface area contributed by atoms with Gasteiger partial charge in [0.05, 0.1) is 26.3 Å². The molecule has 1 saturated carbocycles. The maximum atomic E-state index is 11.2. The molecule has 106 valence electrons. The molecule has 0 bridgehead atoms. The Labute approximate surface area is 119 Å². The van der Waals surface area contributed by atoms with Gasteiger partial charge in [-0.3, -0.25) is 10.1 Å². The molecule has 1 aliphatic carbocycles. The van der Waals surface area contributed by atoms with E-state index < -0.39 is 0 Å². The smallest absolute Gasteiger partial charge is 0.293 e. The van der Waals surface area contributed by atoms with Gasteiger partial charge in [-0.1, -0.05) is 0 Å². The first-order chi connectivity index (χ1) is 9.52. The Morgan fingerprint density at radius 1 is 1.55 bits per heavy atom. The topological polar surface area (TPSA) is 88.3 Å². The van der Waals surface area contributed by atoms with Crippen molar-refractivity contribution in [3.8, 4) is 0 Å². The average molecular weight is 293 g/mol. The van der Waals surface area contributed by atoms with E-state index in [-0.39, 0.29) is 16.7 Å². The van der Waals surface area contributed by atoms with Gasteiger partial charge in [0, 0.05) is 12.6 Å². The SMILES string of the molecule is Cc1nc2cc(NCC3CC(O)C3)c([N+](=O)[O-])cc2s1. The summed E-state index contributed by atoms with van der Waals surface area (Å²) in [5.74, 6) is 0.387. The van der Waals surface area contributed by atoms with Gasteiger partial charge in [0.25, 0.3) is 5.69 Å². The van der Waals surface area contributed by atoms with Crippen LogP contribution in [0.1, 0.15) is 17.8 Å². The van der Waals surface area contributed by atoms with Crippen LogP contribution in [0, 0.1) is 23.0 Å². The fourth-order valence-electron chi connectivity index (χ4n) is 2.49. The molecule has 20 heavy (non-hydrogen) atoms. The molecule has 0 amide bonds. The van der Waals surface area contributed by atoms with Gasteiger partial charge in [-0.25, -0.2) is 4.98 Å². The first kappa shape index (κ1) is 13.3. The average Bonchev–Trinajstić information content (AvgIpc) is 2.71. The summed E-state index contributed by atoms with van der Waals surface area (Å²) >= 11 is 1.46. The predicted molar refractivity (Wildman–Crippen MR) is 78.2 cm³/mol. The third-order valence-corrected chi connectivity index (χ3v) is 4.54. The Balaban J connectivity index is 1.86. The van der Waals surface area contributed by atoms with Crippen LogP contribution in [0.4, 0.5) is 11.4 Å². The molecule has 3 rings (SSSR count). The minimum atomic E-state index is -0.369. The van der Waals surface area contributed by atoms with Crippen molar-refractivity contribution in [1.29, 1.82) is 0 Å². The zero-order chi connectivity index (χ0) is 14.3. The monoisotopic (exact) mass is 293 g/mol. The van der Waals surface area contributed by atoms with Crippen LogP contribution in [0.15, 0.2) is 12.1 Å². The van der Waals surface area contributed by atoms with Crippen molar-refractivity contribution >= 4 is 32.9 Å². The highest BCUT2D eigenvalue weighted by Gasteiger charge is 2.27. The van der Waals surface area contributed by atoms with E-state index in [1.165, 1.54) is 11.3 Å². The van der Waals surface area contributed by atoms with E-state index in [0.29, 0.717) is 18.2 Å². The van der Waals surface area contributed by atoms with Gasteiger partial charge in [0.2, 0.25) is 0 Å². The van der Waals surface area contributed by atoms with Gasteiger partial charge >= 0.3 is 0 Å². The van der Waals surface area contributed by atoms with Crippen molar-refractivity contribution in [3.63, 3.8) is 0 Å². The highest BCUT2D eigenvalue weighted by Crippen LogP contribution is 2.34. The third kappa shape index (κ3) is 2.46. The van der Waals surface area contributed by atoms with E-state index in [1.54, 1.807) is 12.1 Å². The molecule has 1 aromatic heterocycles. The Bertz CT molecular complexity index is 664. The Hall–Kier alpha value is -1.73. The molecule has 1 heterocycles. The highest BCUT2D eigenvalue weighted by molar-refractivity contribution is 7.18. The van der Waals surface area contributed by atoms with Gasteiger partial charge in [0.15, 0.2) is 0 Å². The zero-order valence-corrected chi connectivity index (χ0v) is 11.8. The van der Waals surface area contributed by atoms with Crippen LogP contribution in [0.5, 0.6) is 0 Å². The standard InChI is InChI=1S/C13H15N3O3S/c1-7-15-11-4-10(14-6-8-2-9(17)3-8)12(16(18)19)5-13(11)20-7/h4-5,8-9,14,17H,2-3,6H2,1H3. The molecule has 0 atom stereocenters. The number of hydrogen-bond acceptors (Lipinski definition) is 6. The molecule has 0 saturated heterocycles. The number of benzene rings is 1. The molecule has 1 aliphatic rings. The number of aromatic nitrogens is 1. The number of anilines is 1. The molecule has 0 radical (unpaired) electrons. The molecular formula is C13H15N3O3S. The number of nitro benzene ring substituents is 1. The molecule has 1 aromatic carbocycles. The van der Waals surface area contributed by atoms with Crippen LogP contribution < -0.4 is 5.32 Å². The summed E-state index contributed by atoms with van der Waals surface area (Å²) in [4.78, 5) is 15.2. The van der Waals surface area contributed by atoms with E-state index in [2.05, 4.69) is 10.3 Å². The van der Waals surface area contributed by atoms with Crippen molar-refractivity contribution in [2.75, 3.05) is 11.9 Å². The van der Waals surface area contributed by atoms with E-state index in [0.717, 1.165) is 28.1 Å². The molecular weight excluding hydrogens is 278 g/mol. The van der Waals surface area contributed by atoms with Crippen LogP contribution in [0.25, 0.3) is 10.2 Å². The molecule has 2 N–H and O–H groups in total. The Morgan fingerprint density at radius 2 is 2.30 bits per heavy atom. The number of thiazole rings is 1. The largest absolute Gasteiger partial charge is 0.393 e. The summed E-state index contributed by atoms with van der Waals surface area (Å²) in [7, 11) is 0. The summed E-state index contributed by atoms with van der Waals surface area (Å²) in [6.45, 7) is 2.53. The lowest BCUT2D eigenvalue weighted by Crippen LogP contribution is -2.33. The number of nitro groups is 1. The number of aliphatic hydroxyl groups is 1. The van der Waals surface area contributed by atoms with E-state index in [9.17, 15) is 15.2 Å². The number of aryl methyl sites for hydroxylation is 1. The summed E-state index contributed by atoms with van der Waals surface area (Å²) in [6, 6.07) is 3.32. The molecule has 2 aromatic rings. The lowest BCUT2D eigenvalue weighted by molar-refractivity contribution is -0.383. The van der Waals surface area contributed by atoms with Crippen molar-refractivity contribution < 1.29 is 10.0 Å². The van der Waals surface area contributed by atoms with Crippen molar-refractivity contribution in [3.05, 3.63) is 27.3 Å². The second-order valence-corrected chi connectivity index (χ2v) is 6.43. The van der Waals surface area contributed by atoms with Crippen LogP contribution in [0.2, 0.25) is 0 Å². The molecule has 6 nitrogen and oxygen atoms in total. The lowest BCUT2D eigenvalue weighted by Gasteiger charge is -2.31. The second kappa shape index (κ2) is 4.99. The minimum Gasteiger partial charge on any atom is -0.393 e. The predicted octanol–water partition coefficient (Wildman–Crippen LogP) is 2.70. The van der Waals surface area contributed by atoms with Crippen LogP contribution >= 0.6 is 11.3 Å². The first-order valence-corrected chi connectivity index (χ1v) is 7.32. The van der Waals surface area contributed by atoms with E-state index in [1.807, 2.05) is 6.92 Å². The van der Waals surface area contributed by atoms with Crippen LogP contribution in [-0.4, -0.2) is 27.7 Å². The number of rotatable bonds is 4. The quantitative estimate of drug-likeness (QED) is 0.668. The number of hydrogen-bond donors (Lipinski definition) is 2. The number of nitrogens with zero attached hydrogens (tertiary/aromatic N) is 2. The normalized spacial score (nSPS) is 21.7. The third-order valence-electron chi connectivity index (χ3n) is 3.60. The maximum Gasteiger partial charge on any atom is 0.293 e. The van der Waals surface area contributed by atoms with Gasteiger partial charge in [-0.05, 0) is 31.7 Å². The fourth-order valence-corrected chi connectivity index (χ4v) is 3.33. The number of nitrogens with one attached hydrogen (secondary N) is 1. The van der Waals surface area contributed by atoms with Crippen molar-refractivity contribution in [2.24, 2.45) is 5.92 Å². The van der Waals surface area contributed by atoms with E-state index in [4.69, 9.17) is 0 Å². The first-order valence-electron chi connectivity index (χ1n) is 6.50. The van der Waals surface area contributed by atoms with Crippen molar-refractivity contribution in [1.82, 2.24) is 4.98 Å². The molecule has 0 unspecified atom stereocenters. The summed E-state index contributed by atoms with van der Waals surface area (Å²) in [6.07, 6.45) is 1.32. The molecule has 0 aliphatic heterocycles. The lowest BCUT2D eigenvalue weighted by atomic mass is 9.82. The van der Waals surface area contributed by atoms with Crippen LogP contribution in [-0.2, 0) is 0 Å². The maximum absolute atomic E-state index is 11.2. The molecule has 7 heteroatoms. The minimum absolute atomic E-state index is 0.0843. The molecule has 0 spiro atoms. The van der Waals surface area contributed by atoms with Gasteiger partial charge in [-0.2, -0.15) is 0 Å². The summed E-state index contributed by atoms with van der Waals surface area (Å²) in [5.41, 5.74) is 1.38. The highest BCUT2D eigenvalue weighted by atomic mass is 32.1. The van der Waals surface area contributed by atoms with Crippen LogP contribution in [0.3, 0.4) is 0 Å².